The van der Waals surface area contributed by atoms with Gasteiger partial charge in [0.25, 0.3) is 0 Å². The number of primary amides is 1. The highest BCUT2D eigenvalue weighted by Crippen LogP contribution is 2.25. The number of carbonyl (C=O) groups excluding carboxylic acids is 1. The van der Waals surface area contributed by atoms with Gasteiger partial charge in [0.1, 0.15) is 6.04 Å². The summed E-state index contributed by atoms with van der Waals surface area (Å²) in [5.41, 5.74) is 11.3. The predicted octanol–water partition coefficient (Wildman–Crippen LogP) is 1.27. The number of aliphatic carboxylic acids is 1. The molecule has 23 heavy (non-hydrogen) atoms. The van der Waals surface area contributed by atoms with Crippen molar-refractivity contribution in [2.24, 2.45) is 11.5 Å². The van der Waals surface area contributed by atoms with Crippen molar-refractivity contribution in [3.63, 3.8) is 0 Å². The number of hydrogen-bond acceptors (Lipinski definition) is 5. The van der Waals surface area contributed by atoms with Crippen LogP contribution >= 0.6 is 0 Å². The second kappa shape index (κ2) is 10.2. The number of carbonyl (C=O) groups is 2. The summed E-state index contributed by atoms with van der Waals surface area (Å²) < 4.78 is 0. The van der Waals surface area contributed by atoms with Crippen molar-refractivity contribution in [3.8, 4) is 11.5 Å². The van der Waals surface area contributed by atoms with Crippen molar-refractivity contribution in [2.75, 3.05) is 0 Å². The van der Waals surface area contributed by atoms with E-state index >= 15 is 0 Å². The molecule has 7 nitrogen and oxygen atoms in total. The molecule has 1 atom stereocenters. The molecule has 1 amide bonds. The summed E-state index contributed by atoms with van der Waals surface area (Å²) in [7, 11) is 0. The minimum atomic E-state index is -1.10. The van der Waals surface area contributed by atoms with Crippen molar-refractivity contribution in [1.82, 2.24) is 0 Å². The zero-order valence-corrected chi connectivity index (χ0v) is 13.2. The Morgan fingerprint density at radius 1 is 1.26 bits per heavy atom. The van der Waals surface area contributed by atoms with E-state index < -0.39 is 12.0 Å². The molecule has 0 saturated heterocycles. The van der Waals surface area contributed by atoms with Crippen LogP contribution in [0.1, 0.15) is 31.7 Å². The van der Waals surface area contributed by atoms with Crippen LogP contribution in [0.25, 0.3) is 0 Å². The minimum Gasteiger partial charge on any atom is -0.504 e. The maximum Gasteiger partial charge on any atom is 0.320 e. The third kappa shape index (κ3) is 8.47. The van der Waals surface area contributed by atoms with Crippen LogP contribution in [0.4, 0.5) is 0 Å². The maximum absolute atomic E-state index is 10.4. The molecule has 0 unspecified atom stereocenters. The molecule has 0 saturated carbocycles. The van der Waals surface area contributed by atoms with Crippen molar-refractivity contribution in [3.05, 3.63) is 35.9 Å². The normalized spacial score (nSPS) is 11.0. The smallest absolute Gasteiger partial charge is 0.320 e. The van der Waals surface area contributed by atoms with E-state index in [1.54, 1.807) is 0 Å². The van der Waals surface area contributed by atoms with Crippen LogP contribution in [-0.4, -0.2) is 33.2 Å². The average Bonchev–Trinajstić information content (AvgIpc) is 2.48. The molecule has 0 spiro atoms. The van der Waals surface area contributed by atoms with E-state index in [9.17, 15) is 9.59 Å². The van der Waals surface area contributed by atoms with Gasteiger partial charge < -0.3 is 26.8 Å². The number of phenols is 2. The average molecular weight is 324 g/mol. The molecular weight excluding hydrogens is 300 g/mol. The lowest BCUT2D eigenvalue weighted by Gasteiger charge is -2.06. The number of phenolic OH excluding ortho intramolecular Hbond substituents is 2. The molecule has 0 aliphatic carbocycles. The molecule has 1 aromatic rings. The molecule has 0 heterocycles. The highest BCUT2D eigenvalue weighted by Gasteiger charge is 2.12. The van der Waals surface area contributed by atoms with E-state index in [1.165, 1.54) is 18.2 Å². The Bertz CT molecular complexity index is 557. The lowest BCUT2D eigenvalue weighted by atomic mass is 10.1. The number of unbranched alkanes of at least 4 members (excludes halogenated alkanes) is 1. The molecule has 0 radical (unpaired) electrons. The Balaban J connectivity index is 0.000000468. The number of benzene rings is 1. The highest BCUT2D eigenvalue weighted by atomic mass is 16.4. The number of aromatic hydroxyl groups is 2. The van der Waals surface area contributed by atoms with E-state index in [2.05, 4.69) is 13.5 Å². The van der Waals surface area contributed by atoms with Crippen LogP contribution in [0.2, 0.25) is 0 Å². The second-order valence-electron chi connectivity index (χ2n) is 5.04. The number of carboxylic acid groups (broad SMARTS) is 1. The first-order valence-electron chi connectivity index (χ1n) is 7.15. The standard InChI is InChI=1S/C9H11NO4.C7H13NO/c10-6(9(13)14)3-5-1-2-7(11)8(12)4-5;1-3-4-5-6(2)7(8)9/h1-2,4,6,11-12H,3,10H2,(H,13,14);2-5H2,1H3,(H2,8,9)/t6-;/m0./s1. The Hall–Kier alpha value is -2.54. The van der Waals surface area contributed by atoms with Crippen LogP contribution in [-0.2, 0) is 16.0 Å². The maximum atomic E-state index is 10.4. The number of nitrogens with two attached hydrogens (primary N) is 2. The Morgan fingerprint density at radius 3 is 2.30 bits per heavy atom. The fraction of sp³-hybridized carbons (Fsp3) is 0.375. The summed E-state index contributed by atoms with van der Waals surface area (Å²) in [5, 5.41) is 26.6. The molecule has 0 fully saturated rings. The Morgan fingerprint density at radius 2 is 1.87 bits per heavy atom. The lowest BCUT2D eigenvalue weighted by Crippen LogP contribution is -2.32. The van der Waals surface area contributed by atoms with E-state index in [-0.39, 0.29) is 23.8 Å². The van der Waals surface area contributed by atoms with Gasteiger partial charge >= 0.3 is 5.97 Å². The van der Waals surface area contributed by atoms with Crippen molar-refractivity contribution in [1.29, 1.82) is 0 Å². The van der Waals surface area contributed by atoms with Gasteiger partial charge in [0.05, 0.1) is 0 Å². The van der Waals surface area contributed by atoms with Gasteiger partial charge in [-0.1, -0.05) is 26.0 Å². The fourth-order valence-electron chi connectivity index (χ4n) is 1.55. The van der Waals surface area contributed by atoms with Crippen LogP contribution in [0, 0.1) is 0 Å². The molecule has 0 bridgehead atoms. The molecule has 7 N–H and O–H groups in total. The number of carboxylic acids is 1. The van der Waals surface area contributed by atoms with Gasteiger partial charge in [0.2, 0.25) is 5.91 Å². The fourth-order valence-corrected chi connectivity index (χ4v) is 1.55. The largest absolute Gasteiger partial charge is 0.504 e. The summed E-state index contributed by atoms with van der Waals surface area (Å²) in [4.78, 5) is 20.7. The third-order valence-corrected chi connectivity index (χ3v) is 2.99. The van der Waals surface area contributed by atoms with Gasteiger partial charge in [-0.25, -0.2) is 0 Å². The van der Waals surface area contributed by atoms with E-state index in [1.807, 2.05) is 0 Å². The number of amides is 1. The van der Waals surface area contributed by atoms with Gasteiger partial charge in [-0.3, -0.25) is 9.59 Å². The summed E-state index contributed by atoms with van der Waals surface area (Å²) in [6.45, 7) is 5.58. The first kappa shape index (κ1) is 20.5. The van der Waals surface area contributed by atoms with E-state index in [0.29, 0.717) is 11.1 Å². The SMILES string of the molecule is C=C(CCCC)C(N)=O.N[C@@H](Cc1ccc(O)c(O)c1)C(=O)O. The monoisotopic (exact) mass is 324 g/mol. The summed E-state index contributed by atoms with van der Waals surface area (Å²) >= 11 is 0. The van der Waals surface area contributed by atoms with Crippen molar-refractivity contribution < 1.29 is 24.9 Å². The minimum absolute atomic E-state index is 0.114. The molecule has 0 aliphatic heterocycles. The van der Waals surface area contributed by atoms with E-state index in [4.69, 9.17) is 26.8 Å². The summed E-state index contributed by atoms with van der Waals surface area (Å²) in [6, 6.07) is 3.09. The number of hydrogen-bond donors (Lipinski definition) is 5. The second-order valence-corrected chi connectivity index (χ2v) is 5.04. The first-order chi connectivity index (χ1) is 10.7. The zero-order valence-electron chi connectivity index (χ0n) is 13.2. The van der Waals surface area contributed by atoms with Gasteiger partial charge in [-0.05, 0) is 37.0 Å². The number of rotatable bonds is 7. The highest BCUT2D eigenvalue weighted by molar-refractivity contribution is 5.91. The third-order valence-electron chi connectivity index (χ3n) is 2.99. The van der Waals surface area contributed by atoms with Crippen molar-refractivity contribution in [2.45, 2.75) is 38.6 Å². The molecule has 128 valence electrons. The van der Waals surface area contributed by atoms with Crippen LogP contribution in [0.5, 0.6) is 11.5 Å². The summed E-state index contributed by atoms with van der Waals surface area (Å²) in [5.74, 6) is -1.99. The predicted molar refractivity (Wildman–Crippen MR) is 86.9 cm³/mol. The first-order valence-corrected chi connectivity index (χ1v) is 7.15. The lowest BCUT2D eigenvalue weighted by molar-refractivity contribution is -0.138. The van der Waals surface area contributed by atoms with Gasteiger partial charge in [0.15, 0.2) is 11.5 Å². The van der Waals surface area contributed by atoms with Crippen LogP contribution in [0.3, 0.4) is 0 Å². The molecule has 0 aliphatic rings. The molecular formula is C16H24N2O5. The van der Waals surface area contributed by atoms with Crippen molar-refractivity contribution >= 4 is 11.9 Å². The Labute approximate surface area is 135 Å². The molecule has 0 aromatic heterocycles. The van der Waals surface area contributed by atoms with Crippen LogP contribution < -0.4 is 11.5 Å². The van der Waals surface area contributed by atoms with Gasteiger partial charge in [-0.15, -0.1) is 0 Å². The molecule has 1 aromatic carbocycles. The Kier molecular flexibility index (Phi) is 9.10. The molecule has 7 heteroatoms. The van der Waals surface area contributed by atoms with Crippen LogP contribution in [0.15, 0.2) is 30.4 Å². The van der Waals surface area contributed by atoms with Gasteiger partial charge in [0, 0.05) is 5.57 Å². The zero-order chi connectivity index (χ0) is 18.0. The van der Waals surface area contributed by atoms with Gasteiger partial charge in [-0.2, -0.15) is 0 Å². The van der Waals surface area contributed by atoms with E-state index in [0.717, 1.165) is 19.3 Å². The summed E-state index contributed by atoms with van der Waals surface area (Å²) in [6.07, 6.45) is 2.93. The topological polar surface area (TPSA) is 147 Å². The molecule has 1 rings (SSSR count). The quantitative estimate of drug-likeness (QED) is 0.377.